The molecule has 10 nitrogen and oxygen atoms in total. The minimum Gasteiger partial charge on any atom is -0.504 e. The van der Waals surface area contributed by atoms with E-state index in [-0.39, 0.29) is 48.2 Å². The molecule has 4 aliphatic rings. The number of carbonyl (C=O) groups is 4. The van der Waals surface area contributed by atoms with Crippen molar-refractivity contribution in [2.24, 2.45) is 23.7 Å². The van der Waals surface area contributed by atoms with Crippen LogP contribution in [0.25, 0.3) is 0 Å². The van der Waals surface area contributed by atoms with Crippen molar-refractivity contribution in [3.8, 4) is 11.5 Å². The van der Waals surface area contributed by atoms with Crippen LogP contribution in [0.4, 0.5) is 19.0 Å². The molecule has 1 aromatic heterocycles. The van der Waals surface area contributed by atoms with Gasteiger partial charge in [0.15, 0.2) is 17.3 Å². The molecule has 3 fully saturated rings. The number of aromatic hydroxyl groups is 1. The minimum atomic E-state index is -4.76. The highest BCUT2D eigenvalue weighted by atomic mass is 35.5. The van der Waals surface area contributed by atoms with E-state index in [1.54, 1.807) is 36.4 Å². The van der Waals surface area contributed by atoms with Gasteiger partial charge in [0.25, 0.3) is 11.8 Å². The Bertz CT molecular complexity index is 2290. The predicted octanol–water partition coefficient (Wildman–Crippen LogP) is 7.31. The van der Waals surface area contributed by atoms with Gasteiger partial charge in [-0.15, -0.1) is 0 Å². The third-order valence-corrected chi connectivity index (χ3v) is 11.9. The van der Waals surface area contributed by atoms with Gasteiger partial charge in [-0.05, 0) is 54.2 Å². The van der Waals surface area contributed by atoms with Crippen molar-refractivity contribution in [2.75, 3.05) is 12.5 Å². The van der Waals surface area contributed by atoms with Crippen LogP contribution in [0.2, 0.25) is 10.0 Å². The van der Waals surface area contributed by atoms with Crippen LogP contribution >= 0.6 is 23.2 Å². The third kappa shape index (κ3) is 5.66. The molecule has 6 atom stereocenters. The zero-order valence-corrected chi connectivity index (χ0v) is 30.4. The zero-order valence-electron chi connectivity index (χ0n) is 28.9. The van der Waals surface area contributed by atoms with Gasteiger partial charge in [-0.2, -0.15) is 18.2 Å². The van der Waals surface area contributed by atoms with Crippen molar-refractivity contribution in [3.63, 3.8) is 0 Å². The molecule has 3 aromatic carbocycles. The van der Waals surface area contributed by atoms with Gasteiger partial charge in [0.05, 0.1) is 47.4 Å². The first-order valence-corrected chi connectivity index (χ1v) is 18.1. The summed E-state index contributed by atoms with van der Waals surface area (Å²) in [5.74, 6) is -7.62. The van der Waals surface area contributed by atoms with Crippen molar-refractivity contribution in [2.45, 2.75) is 36.9 Å². The first kappa shape index (κ1) is 36.6. The van der Waals surface area contributed by atoms with Crippen LogP contribution in [0.3, 0.4) is 0 Å². The predicted molar refractivity (Wildman–Crippen MR) is 194 cm³/mol. The summed E-state index contributed by atoms with van der Waals surface area (Å²) in [5.41, 5.74) is 1.55. The number of hydrogen-bond donors (Lipinski definition) is 2. The average molecular weight is 792 g/mol. The van der Waals surface area contributed by atoms with E-state index in [2.05, 4.69) is 10.4 Å². The largest absolute Gasteiger partial charge is 0.504 e. The maximum atomic E-state index is 15.3. The van der Waals surface area contributed by atoms with Gasteiger partial charge in [-0.1, -0.05) is 89.4 Å². The number of nitrogens with one attached hydrogen (secondary N) is 1. The fourth-order valence-corrected chi connectivity index (χ4v) is 9.39. The minimum absolute atomic E-state index is 0.0573. The number of ether oxygens (including phenoxy) is 1. The summed E-state index contributed by atoms with van der Waals surface area (Å²) in [6, 6.07) is 20.8. The van der Waals surface area contributed by atoms with E-state index in [9.17, 15) is 32.7 Å². The monoisotopic (exact) mass is 790 g/mol. The van der Waals surface area contributed by atoms with Gasteiger partial charge in [0.2, 0.25) is 11.8 Å². The van der Waals surface area contributed by atoms with Crippen LogP contribution in [-0.2, 0) is 37.3 Å². The highest BCUT2D eigenvalue weighted by Gasteiger charge is 2.70. The van der Waals surface area contributed by atoms with Crippen molar-refractivity contribution in [3.05, 3.63) is 129 Å². The molecule has 0 spiro atoms. The van der Waals surface area contributed by atoms with Gasteiger partial charge in [-0.3, -0.25) is 29.5 Å². The second kappa shape index (κ2) is 13.4. The number of benzene rings is 3. The van der Waals surface area contributed by atoms with Crippen LogP contribution < -0.4 is 10.2 Å². The Morgan fingerprint density at radius 3 is 2.35 bits per heavy atom. The third-order valence-electron chi connectivity index (χ3n) is 11.4. The lowest BCUT2D eigenvalue weighted by molar-refractivity contribution is -0.142. The molecule has 0 radical (unpaired) electrons. The molecule has 4 aromatic rings. The van der Waals surface area contributed by atoms with Crippen LogP contribution in [-0.4, -0.2) is 50.7 Å². The lowest BCUT2D eigenvalue weighted by atomic mass is 9.49. The number of nitrogens with zero attached hydrogens (tertiary/aromatic N) is 3. The molecule has 55 heavy (non-hydrogen) atoms. The summed E-state index contributed by atoms with van der Waals surface area (Å²) in [7, 11) is 1.37. The van der Waals surface area contributed by atoms with Crippen molar-refractivity contribution in [1.82, 2.24) is 14.9 Å². The van der Waals surface area contributed by atoms with E-state index in [0.29, 0.717) is 33.4 Å². The van der Waals surface area contributed by atoms with E-state index in [4.69, 9.17) is 27.9 Å². The second-order valence-corrected chi connectivity index (χ2v) is 14.9. The Kier molecular flexibility index (Phi) is 8.92. The van der Waals surface area contributed by atoms with Crippen LogP contribution in [0.1, 0.15) is 41.0 Å². The number of pyridine rings is 1. The highest BCUT2D eigenvalue weighted by Crippen LogP contribution is 2.65. The molecule has 0 unspecified atom stereocenters. The number of allylic oxidation sites excluding steroid dienone is 2. The van der Waals surface area contributed by atoms with E-state index in [0.717, 1.165) is 5.56 Å². The molecular formula is C40H31Cl2F3N4O6. The fraction of sp³-hybridized carbons (Fsp3) is 0.275. The Morgan fingerprint density at radius 1 is 0.945 bits per heavy atom. The van der Waals surface area contributed by atoms with E-state index in [1.807, 2.05) is 36.4 Å². The first-order chi connectivity index (χ1) is 26.3. The second-order valence-electron chi connectivity index (χ2n) is 14.1. The molecule has 15 heteroatoms. The number of carbonyl (C=O) groups excluding carboxylic acids is 4. The molecule has 1 saturated carbocycles. The first-order valence-electron chi connectivity index (χ1n) is 17.4. The number of hydrogen-bond acceptors (Lipinski definition) is 8. The normalized spacial score (nSPS) is 26.1. The number of para-hydroxylation sites is 1. The molecule has 2 N–H and O–H groups in total. The number of aromatic nitrogens is 1. The Morgan fingerprint density at radius 2 is 1.67 bits per heavy atom. The number of halogens is 5. The standard InChI is InChI=1S/C40H31Cl2F3N4O6/c1-55-30-9-5-8-26(33(30)50)32-24-14-15-25-31(37(53)48(35(25)51)19-20-6-3-2-4-7-20)27(24)17-28-36(52)49(38(54)39(28,32)21-10-12-23(41)13-11-21)47-34-29(42)16-22(18-46-34)40(43,44)45/h2-14,16,18,25,27-28,31-32,50H,15,17,19H2,1H3,(H,46,47)/t25-,27+,28-,31-,32+,39+/m0/s1. The SMILES string of the molecule is COc1cccc([C@H]2C3=CC[C@@H]4C(=O)N(Cc5ccccc5)C(=O)[C@@H]4[C@@H]3C[C@H]3C(=O)N(Nc4ncc(C(F)(F)F)cc4Cl)C(=O)[C@@]23c2ccc(Cl)cc2)c1O. The summed E-state index contributed by atoms with van der Waals surface area (Å²) in [6.07, 6.45) is -2.30. The average Bonchev–Trinajstić information content (AvgIpc) is 3.53. The number of rotatable bonds is 7. The van der Waals surface area contributed by atoms with Gasteiger partial charge in [-0.25, -0.2) is 4.98 Å². The van der Waals surface area contributed by atoms with E-state index < -0.39 is 69.5 Å². The molecule has 2 saturated heterocycles. The maximum absolute atomic E-state index is 15.3. The molecule has 2 aliphatic carbocycles. The topological polar surface area (TPSA) is 129 Å². The van der Waals surface area contributed by atoms with Crippen LogP contribution in [0.15, 0.2) is 96.7 Å². The van der Waals surface area contributed by atoms with E-state index in [1.165, 1.54) is 18.1 Å². The summed E-state index contributed by atoms with van der Waals surface area (Å²) in [6.45, 7) is 0.0573. The molecular weight excluding hydrogens is 760 g/mol. The fourth-order valence-electron chi connectivity index (χ4n) is 9.05. The molecule has 3 heterocycles. The highest BCUT2D eigenvalue weighted by molar-refractivity contribution is 6.33. The number of phenols is 1. The number of fused-ring (bicyclic) bond motifs is 4. The summed E-state index contributed by atoms with van der Waals surface area (Å²) in [4.78, 5) is 63.5. The van der Waals surface area contributed by atoms with Gasteiger partial charge < -0.3 is 9.84 Å². The number of alkyl halides is 3. The molecule has 8 rings (SSSR count). The smallest absolute Gasteiger partial charge is 0.417 e. The Balaban J connectivity index is 1.31. The number of imide groups is 2. The number of amides is 4. The summed E-state index contributed by atoms with van der Waals surface area (Å²) in [5, 5.41) is 12.3. The molecule has 2 aliphatic heterocycles. The number of likely N-dealkylation sites (tertiary alicyclic amines) is 1. The molecule has 282 valence electrons. The van der Waals surface area contributed by atoms with Crippen molar-refractivity contribution < 1.29 is 42.2 Å². The van der Waals surface area contributed by atoms with Gasteiger partial charge in [0, 0.05) is 22.7 Å². The Labute approximate surface area is 322 Å². The number of anilines is 1. The van der Waals surface area contributed by atoms with Gasteiger partial charge in [0.1, 0.15) is 0 Å². The maximum Gasteiger partial charge on any atom is 0.417 e. The quantitative estimate of drug-likeness (QED) is 0.147. The zero-order chi connectivity index (χ0) is 39.0. The number of methoxy groups -OCH3 is 1. The Hall–Kier alpha value is -5.40. The lowest BCUT2D eigenvalue weighted by Crippen LogP contribution is -2.53. The summed E-state index contributed by atoms with van der Waals surface area (Å²) < 4.78 is 45.9. The number of phenolic OH excluding ortho intramolecular Hbond substituents is 1. The van der Waals surface area contributed by atoms with Crippen molar-refractivity contribution >= 4 is 52.6 Å². The molecule has 4 amide bonds. The lowest BCUT2D eigenvalue weighted by Gasteiger charge is -2.50. The summed E-state index contributed by atoms with van der Waals surface area (Å²) >= 11 is 12.6. The van der Waals surface area contributed by atoms with Crippen LogP contribution in [0.5, 0.6) is 11.5 Å². The number of hydrazine groups is 1. The van der Waals surface area contributed by atoms with Gasteiger partial charge >= 0.3 is 6.18 Å². The van der Waals surface area contributed by atoms with Crippen LogP contribution in [0, 0.1) is 23.7 Å². The van der Waals surface area contributed by atoms with E-state index >= 15 is 4.79 Å². The molecule has 0 bridgehead atoms. The van der Waals surface area contributed by atoms with Crippen molar-refractivity contribution in [1.29, 1.82) is 0 Å².